The van der Waals surface area contributed by atoms with Crippen molar-refractivity contribution >= 4 is 35.8 Å². The first-order valence-electron chi connectivity index (χ1n) is 12.1. The third-order valence-corrected chi connectivity index (χ3v) is 6.28. The molecule has 180 valence electrons. The fourth-order valence-electron chi connectivity index (χ4n) is 4.95. The van der Waals surface area contributed by atoms with Crippen molar-refractivity contribution in [2.75, 3.05) is 39.3 Å². The van der Waals surface area contributed by atoms with Crippen LogP contribution in [0.3, 0.4) is 0 Å². The van der Waals surface area contributed by atoms with Crippen molar-refractivity contribution in [3.05, 3.63) is 35.4 Å². The summed E-state index contributed by atoms with van der Waals surface area (Å²) in [6.07, 6.45) is 4.00. The summed E-state index contributed by atoms with van der Waals surface area (Å²) >= 11 is 0. The zero-order valence-corrected chi connectivity index (χ0v) is 22.4. The molecule has 1 aromatic rings. The van der Waals surface area contributed by atoms with E-state index >= 15 is 0 Å². The van der Waals surface area contributed by atoms with Crippen LogP contribution in [0.4, 0.5) is 0 Å². The van der Waals surface area contributed by atoms with Gasteiger partial charge in [-0.2, -0.15) is 0 Å². The summed E-state index contributed by atoms with van der Waals surface area (Å²) in [6, 6.07) is 8.71. The zero-order valence-electron chi connectivity index (χ0n) is 20.1. The molecule has 2 fully saturated rings. The highest BCUT2D eigenvalue weighted by Gasteiger charge is 2.22. The predicted octanol–water partition coefficient (Wildman–Crippen LogP) is 3.85. The Morgan fingerprint density at radius 2 is 1.84 bits per heavy atom. The molecule has 7 heteroatoms. The van der Waals surface area contributed by atoms with Crippen LogP contribution in [0.15, 0.2) is 29.3 Å². The number of likely N-dealkylation sites (tertiary alicyclic amines) is 2. The van der Waals surface area contributed by atoms with Crippen LogP contribution in [0.2, 0.25) is 0 Å². The van der Waals surface area contributed by atoms with E-state index in [0.29, 0.717) is 18.9 Å². The molecule has 2 heterocycles. The SMILES string of the molecule is CCNC(=NCc1ccccc1CN1CC(C)CC(C)C1)NCCCN1CCCC1=O.I. The van der Waals surface area contributed by atoms with Gasteiger partial charge in [-0.25, -0.2) is 4.99 Å². The van der Waals surface area contributed by atoms with E-state index in [2.05, 4.69) is 60.6 Å². The fourth-order valence-corrected chi connectivity index (χ4v) is 4.95. The Kier molecular flexibility index (Phi) is 11.8. The van der Waals surface area contributed by atoms with E-state index in [1.807, 2.05) is 4.90 Å². The fraction of sp³-hybridized carbons (Fsp3) is 0.680. The third kappa shape index (κ3) is 8.54. The lowest BCUT2D eigenvalue weighted by Gasteiger charge is -2.35. The number of hydrogen-bond acceptors (Lipinski definition) is 3. The van der Waals surface area contributed by atoms with Crippen LogP contribution in [-0.4, -0.2) is 60.9 Å². The number of aliphatic imine (C=N–C) groups is 1. The lowest BCUT2D eigenvalue weighted by molar-refractivity contribution is -0.127. The number of hydrogen-bond donors (Lipinski definition) is 2. The second-order valence-corrected chi connectivity index (χ2v) is 9.37. The Bertz CT molecular complexity index is 731. The number of halogens is 1. The van der Waals surface area contributed by atoms with Gasteiger partial charge in [0.25, 0.3) is 0 Å². The van der Waals surface area contributed by atoms with Gasteiger partial charge in [0.05, 0.1) is 6.54 Å². The monoisotopic (exact) mass is 555 g/mol. The molecular weight excluding hydrogens is 513 g/mol. The molecule has 0 spiro atoms. The second kappa shape index (κ2) is 14.0. The molecule has 2 N–H and O–H groups in total. The summed E-state index contributed by atoms with van der Waals surface area (Å²) < 4.78 is 0. The predicted molar refractivity (Wildman–Crippen MR) is 143 cm³/mol. The molecule has 0 saturated carbocycles. The van der Waals surface area contributed by atoms with Crippen molar-refractivity contribution in [2.24, 2.45) is 16.8 Å². The van der Waals surface area contributed by atoms with Crippen LogP contribution in [0.5, 0.6) is 0 Å². The summed E-state index contributed by atoms with van der Waals surface area (Å²) in [5, 5.41) is 6.78. The molecule has 1 amide bonds. The summed E-state index contributed by atoms with van der Waals surface area (Å²) in [7, 11) is 0. The van der Waals surface area contributed by atoms with E-state index in [-0.39, 0.29) is 24.0 Å². The van der Waals surface area contributed by atoms with Crippen LogP contribution < -0.4 is 10.6 Å². The van der Waals surface area contributed by atoms with Gasteiger partial charge in [0.15, 0.2) is 5.96 Å². The van der Waals surface area contributed by atoms with E-state index in [4.69, 9.17) is 4.99 Å². The van der Waals surface area contributed by atoms with Gasteiger partial charge >= 0.3 is 0 Å². The van der Waals surface area contributed by atoms with E-state index in [9.17, 15) is 4.79 Å². The number of carbonyl (C=O) groups is 1. The summed E-state index contributed by atoms with van der Waals surface area (Å²) in [6.45, 7) is 14.3. The number of piperidine rings is 1. The molecule has 1 aromatic carbocycles. The molecule has 2 atom stereocenters. The molecule has 2 aliphatic rings. The maximum atomic E-state index is 11.7. The molecule has 0 bridgehead atoms. The molecule has 0 aromatic heterocycles. The Balaban J connectivity index is 0.00000363. The van der Waals surface area contributed by atoms with Crippen LogP contribution in [-0.2, 0) is 17.9 Å². The van der Waals surface area contributed by atoms with E-state index < -0.39 is 0 Å². The van der Waals surface area contributed by atoms with Crippen molar-refractivity contribution in [3.63, 3.8) is 0 Å². The first kappa shape index (κ1) is 26.9. The number of rotatable bonds is 9. The second-order valence-electron chi connectivity index (χ2n) is 9.37. The van der Waals surface area contributed by atoms with Gasteiger partial charge in [-0.05, 0) is 49.1 Å². The Hall–Kier alpha value is -1.35. The normalized spacial score (nSPS) is 22.0. The quantitative estimate of drug-likeness (QED) is 0.211. The number of amides is 1. The van der Waals surface area contributed by atoms with E-state index in [1.165, 1.54) is 30.6 Å². The molecule has 2 saturated heterocycles. The largest absolute Gasteiger partial charge is 0.357 e. The van der Waals surface area contributed by atoms with Crippen molar-refractivity contribution in [1.82, 2.24) is 20.4 Å². The smallest absolute Gasteiger partial charge is 0.222 e. The van der Waals surface area contributed by atoms with Crippen LogP contribution >= 0.6 is 24.0 Å². The average molecular weight is 556 g/mol. The zero-order chi connectivity index (χ0) is 22.1. The van der Waals surface area contributed by atoms with E-state index in [0.717, 1.165) is 63.4 Å². The van der Waals surface area contributed by atoms with Gasteiger partial charge in [0.2, 0.25) is 5.91 Å². The van der Waals surface area contributed by atoms with Gasteiger partial charge in [-0.1, -0.05) is 38.1 Å². The minimum Gasteiger partial charge on any atom is -0.357 e. The van der Waals surface area contributed by atoms with E-state index in [1.54, 1.807) is 0 Å². The molecule has 32 heavy (non-hydrogen) atoms. The topological polar surface area (TPSA) is 60.0 Å². The van der Waals surface area contributed by atoms with Gasteiger partial charge in [0, 0.05) is 52.2 Å². The molecule has 0 radical (unpaired) electrons. The number of nitrogens with zero attached hydrogens (tertiary/aromatic N) is 3. The highest BCUT2D eigenvalue weighted by Crippen LogP contribution is 2.23. The lowest BCUT2D eigenvalue weighted by atomic mass is 9.91. The third-order valence-electron chi connectivity index (χ3n) is 6.28. The van der Waals surface area contributed by atoms with Crippen LogP contribution in [0.25, 0.3) is 0 Å². The first-order valence-corrected chi connectivity index (χ1v) is 12.1. The minimum atomic E-state index is 0. The van der Waals surface area contributed by atoms with Gasteiger partial charge < -0.3 is 15.5 Å². The highest BCUT2D eigenvalue weighted by atomic mass is 127. The number of guanidine groups is 1. The summed E-state index contributed by atoms with van der Waals surface area (Å²) in [5.74, 6) is 2.70. The standard InChI is InChI=1S/C25H41N5O.HI/c1-4-26-25(27-12-8-14-30-13-7-11-24(30)31)28-16-22-9-5-6-10-23(22)19-29-17-20(2)15-21(3)18-29;/h5-6,9-10,20-21H,4,7-8,11-19H2,1-3H3,(H2,26,27,28);1H. The maximum absolute atomic E-state index is 11.7. The van der Waals surface area contributed by atoms with Crippen molar-refractivity contribution in [3.8, 4) is 0 Å². The lowest BCUT2D eigenvalue weighted by Crippen LogP contribution is -2.39. The van der Waals surface area contributed by atoms with Crippen molar-refractivity contribution in [1.29, 1.82) is 0 Å². The van der Waals surface area contributed by atoms with Gasteiger partial charge in [0.1, 0.15) is 0 Å². The molecule has 2 unspecified atom stereocenters. The minimum absolute atomic E-state index is 0. The summed E-state index contributed by atoms with van der Waals surface area (Å²) in [4.78, 5) is 21.2. The average Bonchev–Trinajstić information content (AvgIpc) is 3.14. The highest BCUT2D eigenvalue weighted by molar-refractivity contribution is 14.0. The van der Waals surface area contributed by atoms with Gasteiger partial charge in [-0.3, -0.25) is 9.69 Å². The summed E-state index contributed by atoms with van der Waals surface area (Å²) in [5.41, 5.74) is 2.68. The molecular formula is C25H42IN5O. The first-order chi connectivity index (χ1) is 15.0. The van der Waals surface area contributed by atoms with Crippen LogP contribution in [0, 0.1) is 11.8 Å². The van der Waals surface area contributed by atoms with Crippen molar-refractivity contribution in [2.45, 2.75) is 59.5 Å². The Morgan fingerprint density at radius 1 is 1.12 bits per heavy atom. The number of benzene rings is 1. The maximum Gasteiger partial charge on any atom is 0.222 e. The molecule has 3 rings (SSSR count). The van der Waals surface area contributed by atoms with Crippen molar-refractivity contribution < 1.29 is 4.79 Å². The molecule has 2 aliphatic heterocycles. The molecule has 6 nitrogen and oxygen atoms in total. The number of carbonyl (C=O) groups excluding carboxylic acids is 1. The number of nitrogens with one attached hydrogen (secondary N) is 2. The Labute approximate surface area is 211 Å². The van der Waals surface area contributed by atoms with Gasteiger partial charge in [-0.15, -0.1) is 24.0 Å². The Morgan fingerprint density at radius 3 is 2.50 bits per heavy atom. The van der Waals surface area contributed by atoms with Crippen LogP contribution in [0.1, 0.15) is 57.6 Å². The molecule has 0 aliphatic carbocycles.